The highest BCUT2D eigenvalue weighted by molar-refractivity contribution is 7.09. The minimum absolute atomic E-state index is 0.573. The summed E-state index contributed by atoms with van der Waals surface area (Å²) < 4.78 is 1.97. The number of aryl methyl sites for hydroxylation is 2. The van der Waals surface area contributed by atoms with Crippen LogP contribution < -0.4 is 10.6 Å². The zero-order valence-electron chi connectivity index (χ0n) is 14.6. The van der Waals surface area contributed by atoms with Crippen molar-refractivity contribution in [1.82, 2.24) is 30.2 Å². The molecule has 0 fully saturated rings. The Kier molecular flexibility index (Phi) is 5.95. The Balaban J connectivity index is 1.39. The lowest BCUT2D eigenvalue weighted by Crippen LogP contribution is -2.37. The number of fused-ring (bicyclic) bond motifs is 1. The van der Waals surface area contributed by atoms with Gasteiger partial charge in [-0.2, -0.15) is 0 Å². The summed E-state index contributed by atoms with van der Waals surface area (Å²) in [7, 11) is 1.77. The van der Waals surface area contributed by atoms with Gasteiger partial charge < -0.3 is 10.6 Å². The summed E-state index contributed by atoms with van der Waals surface area (Å²) in [6.07, 6.45) is 5.19. The van der Waals surface area contributed by atoms with Crippen molar-refractivity contribution < 1.29 is 0 Å². The molecule has 0 spiro atoms. The Bertz CT molecular complexity index is 836. The van der Waals surface area contributed by atoms with E-state index in [0.717, 1.165) is 48.9 Å². The number of pyridine rings is 1. The van der Waals surface area contributed by atoms with Crippen LogP contribution in [-0.2, 0) is 13.0 Å². The average molecular weight is 357 g/mol. The Hall–Kier alpha value is -2.48. The van der Waals surface area contributed by atoms with Gasteiger partial charge in [0.2, 0.25) is 0 Å². The number of nitrogens with one attached hydrogen (secondary N) is 2. The molecule has 3 aromatic rings. The molecule has 0 aliphatic carbocycles. The van der Waals surface area contributed by atoms with Crippen molar-refractivity contribution in [3.63, 3.8) is 0 Å². The van der Waals surface area contributed by atoms with Crippen LogP contribution in [0.2, 0.25) is 0 Å². The number of hydrogen-bond donors (Lipinski definition) is 2. The lowest BCUT2D eigenvalue weighted by Gasteiger charge is -2.11. The van der Waals surface area contributed by atoms with Crippen molar-refractivity contribution in [2.24, 2.45) is 4.99 Å². The van der Waals surface area contributed by atoms with Crippen molar-refractivity contribution in [3.05, 3.63) is 46.3 Å². The Morgan fingerprint density at radius 1 is 1.24 bits per heavy atom. The first-order chi connectivity index (χ1) is 12.3. The van der Waals surface area contributed by atoms with Crippen LogP contribution >= 0.6 is 11.3 Å². The molecule has 0 saturated heterocycles. The molecule has 7 nitrogen and oxygen atoms in total. The van der Waals surface area contributed by atoms with Gasteiger partial charge in [-0.1, -0.05) is 6.07 Å². The smallest absolute Gasteiger partial charge is 0.191 e. The molecule has 0 aromatic carbocycles. The lowest BCUT2D eigenvalue weighted by molar-refractivity contribution is 0.687. The third-order valence-electron chi connectivity index (χ3n) is 3.80. The molecule has 3 rings (SSSR count). The summed E-state index contributed by atoms with van der Waals surface area (Å²) in [6.45, 7) is 3.49. The molecule has 8 heteroatoms. The zero-order valence-corrected chi connectivity index (χ0v) is 15.4. The minimum atomic E-state index is 0.573. The molecule has 0 saturated carbocycles. The largest absolute Gasteiger partial charge is 0.356 e. The van der Waals surface area contributed by atoms with Crippen LogP contribution in [0.4, 0.5) is 0 Å². The van der Waals surface area contributed by atoms with Crippen molar-refractivity contribution in [2.45, 2.75) is 32.7 Å². The van der Waals surface area contributed by atoms with E-state index in [2.05, 4.69) is 36.2 Å². The highest BCUT2D eigenvalue weighted by Crippen LogP contribution is 2.11. The normalized spacial score (nSPS) is 11.8. The van der Waals surface area contributed by atoms with Gasteiger partial charge in [0.25, 0.3) is 0 Å². The number of thiazole rings is 1. The Morgan fingerprint density at radius 3 is 2.96 bits per heavy atom. The zero-order chi connectivity index (χ0) is 17.5. The first-order valence-corrected chi connectivity index (χ1v) is 9.28. The number of guanidine groups is 1. The number of rotatable bonds is 7. The molecule has 0 unspecified atom stereocenters. The maximum Gasteiger partial charge on any atom is 0.191 e. The van der Waals surface area contributed by atoms with E-state index in [4.69, 9.17) is 0 Å². The summed E-state index contributed by atoms with van der Waals surface area (Å²) >= 11 is 1.74. The molecule has 3 heterocycles. The second-order valence-electron chi connectivity index (χ2n) is 5.74. The van der Waals surface area contributed by atoms with E-state index < -0.39 is 0 Å². The highest BCUT2D eigenvalue weighted by atomic mass is 32.1. The molecule has 3 aromatic heterocycles. The van der Waals surface area contributed by atoms with Gasteiger partial charge in [0.1, 0.15) is 0 Å². The predicted octanol–water partition coefficient (Wildman–Crippen LogP) is 2.18. The van der Waals surface area contributed by atoms with Crippen LogP contribution in [0.25, 0.3) is 5.65 Å². The molecule has 0 bridgehead atoms. The lowest BCUT2D eigenvalue weighted by atomic mass is 10.2. The first kappa shape index (κ1) is 17.3. The van der Waals surface area contributed by atoms with E-state index >= 15 is 0 Å². The summed E-state index contributed by atoms with van der Waals surface area (Å²) in [5, 5.41) is 18.3. The highest BCUT2D eigenvalue weighted by Gasteiger charge is 2.05. The quantitative estimate of drug-likeness (QED) is 0.385. The molecular formula is C17H23N7S. The fraction of sp³-hybridized carbons (Fsp3) is 0.412. The summed E-state index contributed by atoms with van der Waals surface area (Å²) in [5.41, 5.74) is 1.96. The predicted molar refractivity (Wildman–Crippen MR) is 101 cm³/mol. The molecule has 132 valence electrons. The van der Waals surface area contributed by atoms with Crippen molar-refractivity contribution in [3.8, 4) is 0 Å². The summed E-state index contributed by atoms with van der Waals surface area (Å²) in [5.74, 6) is 1.63. The Morgan fingerprint density at radius 2 is 2.16 bits per heavy atom. The van der Waals surface area contributed by atoms with E-state index in [1.54, 1.807) is 18.4 Å². The van der Waals surface area contributed by atoms with E-state index in [1.807, 2.05) is 35.7 Å². The SMILES string of the molecule is CN=C(NCCCCc1nc(C)cs1)NCc1nnc2ccccn12. The van der Waals surface area contributed by atoms with Gasteiger partial charge in [-0.05, 0) is 38.3 Å². The van der Waals surface area contributed by atoms with Crippen LogP contribution in [0.5, 0.6) is 0 Å². The van der Waals surface area contributed by atoms with Gasteiger partial charge in [-0.3, -0.25) is 9.39 Å². The van der Waals surface area contributed by atoms with Gasteiger partial charge in [0.05, 0.1) is 11.6 Å². The van der Waals surface area contributed by atoms with Crippen LogP contribution in [0.3, 0.4) is 0 Å². The van der Waals surface area contributed by atoms with Gasteiger partial charge in [0, 0.05) is 30.9 Å². The first-order valence-electron chi connectivity index (χ1n) is 8.40. The summed E-state index contributed by atoms with van der Waals surface area (Å²) in [4.78, 5) is 8.74. The van der Waals surface area contributed by atoms with E-state index in [9.17, 15) is 0 Å². The number of aliphatic imine (C=N–C) groups is 1. The molecule has 25 heavy (non-hydrogen) atoms. The second-order valence-corrected chi connectivity index (χ2v) is 6.68. The van der Waals surface area contributed by atoms with Crippen LogP contribution in [0, 0.1) is 6.92 Å². The fourth-order valence-corrected chi connectivity index (χ4v) is 3.34. The number of aromatic nitrogens is 4. The molecule has 0 radical (unpaired) electrons. The maximum atomic E-state index is 4.49. The van der Waals surface area contributed by atoms with Crippen molar-refractivity contribution in [2.75, 3.05) is 13.6 Å². The molecule has 0 aliphatic heterocycles. The molecule has 2 N–H and O–H groups in total. The van der Waals surface area contributed by atoms with Crippen molar-refractivity contribution in [1.29, 1.82) is 0 Å². The van der Waals surface area contributed by atoms with Crippen LogP contribution in [-0.4, -0.2) is 39.1 Å². The monoisotopic (exact) mass is 357 g/mol. The fourth-order valence-electron chi connectivity index (χ4n) is 2.52. The number of nitrogens with zero attached hydrogens (tertiary/aromatic N) is 5. The molecular weight excluding hydrogens is 334 g/mol. The third-order valence-corrected chi connectivity index (χ3v) is 4.82. The molecule has 0 atom stereocenters. The van der Waals surface area contributed by atoms with Crippen LogP contribution in [0.15, 0.2) is 34.8 Å². The van der Waals surface area contributed by atoms with Gasteiger partial charge in [-0.25, -0.2) is 4.98 Å². The van der Waals surface area contributed by atoms with Gasteiger partial charge >= 0.3 is 0 Å². The third kappa shape index (κ3) is 4.76. The van der Waals surface area contributed by atoms with E-state index in [-0.39, 0.29) is 0 Å². The average Bonchev–Trinajstić information content (AvgIpc) is 3.23. The minimum Gasteiger partial charge on any atom is -0.356 e. The standard InChI is InChI=1S/C17H23N7S/c1-13-12-25-16(21-13)8-3-5-9-19-17(18-2)20-11-15-23-22-14-7-4-6-10-24(14)15/h4,6-7,10,12H,3,5,8-9,11H2,1-2H3,(H2,18,19,20). The van der Waals surface area contributed by atoms with Crippen LogP contribution in [0.1, 0.15) is 29.4 Å². The number of hydrogen-bond acceptors (Lipinski definition) is 5. The van der Waals surface area contributed by atoms with Gasteiger partial charge in [-0.15, -0.1) is 21.5 Å². The molecule has 0 amide bonds. The Labute approximate surface area is 151 Å². The number of unbranched alkanes of at least 4 members (excludes halogenated alkanes) is 1. The second kappa shape index (κ2) is 8.57. The van der Waals surface area contributed by atoms with Crippen molar-refractivity contribution >= 4 is 22.9 Å². The maximum absolute atomic E-state index is 4.49. The molecule has 0 aliphatic rings. The topological polar surface area (TPSA) is 79.5 Å². The van der Waals surface area contributed by atoms with Gasteiger partial charge in [0.15, 0.2) is 17.4 Å². The van der Waals surface area contributed by atoms with E-state index in [1.165, 1.54) is 5.01 Å². The van der Waals surface area contributed by atoms with E-state index in [0.29, 0.717) is 6.54 Å². The summed E-state index contributed by atoms with van der Waals surface area (Å²) in [6, 6.07) is 5.86.